The van der Waals surface area contributed by atoms with E-state index in [1.807, 2.05) is 4.90 Å². The third-order valence-corrected chi connectivity index (χ3v) is 4.55. The van der Waals surface area contributed by atoms with Crippen molar-refractivity contribution in [3.8, 4) is 0 Å². The number of carbonyl (C=O) groups is 1. The fourth-order valence-corrected chi connectivity index (χ4v) is 3.34. The van der Waals surface area contributed by atoms with E-state index in [0.717, 1.165) is 19.5 Å². The Labute approximate surface area is 116 Å². The molecule has 0 radical (unpaired) electrons. The number of hydrogen-bond acceptors (Lipinski definition) is 3. The van der Waals surface area contributed by atoms with Crippen molar-refractivity contribution in [1.29, 1.82) is 0 Å². The first-order valence-electron chi connectivity index (χ1n) is 7.88. The topological polar surface area (TPSA) is 55.6 Å². The third-order valence-electron chi connectivity index (χ3n) is 4.55. The van der Waals surface area contributed by atoms with Gasteiger partial charge in [0.25, 0.3) is 0 Å². The lowest BCUT2D eigenvalue weighted by Crippen LogP contribution is -2.45. The maximum atomic E-state index is 12.5. The van der Waals surface area contributed by atoms with E-state index in [0.29, 0.717) is 25.7 Å². The Balaban J connectivity index is 1.85. The molecular formula is C15H28N2O2. The van der Waals surface area contributed by atoms with Crippen LogP contribution in [0.4, 0.5) is 0 Å². The molecule has 0 spiro atoms. The molecule has 1 aliphatic carbocycles. The molecule has 1 amide bonds. The Morgan fingerprint density at radius 2 is 1.79 bits per heavy atom. The highest BCUT2D eigenvalue weighted by atomic mass is 16.5. The van der Waals surface area contributed by atoms with Gasteiger partial charge in [0.1, 0.15) is 0 Å². The molecule has 0 bridgehead atoms. The minimum Gasteiger partial charge on any atom is -0.378 e. The van der Waals surface area contributed by atoms with Gasteiger partial charge in [-0.15, -0.1) is 0 Å². The molecule has 0 aromatic heterocycles. The summed E-state index contributed by atoms with van der Waals surface area (Å²) in [5.41, 5.74) is 5.86. The second-order valence-electron chi connectivity index (χ2n) is 5.96. The SMILES string of the molecule is NCC(CC1CCCCCC1)C(=O)N1CCOCC1. The molecule has 110 valence electrons. The van der Waals surface area contributed by atoms with Gasteiger partial charge >= 0.3 is 0 Å². The minimum absolute atomic E-state index is 0.0289. The Kier molecular flexibility index (Phi) is 6.11. The van der Waals surface area contributed by atoms with E-state index in [1.165, 1.54) is 38.5 Å². The molecule has 1 saturated carbocycles. The summed E-state index contributed by atoms with van der Waals surface area (Å²) in [5, 5.41) is 0. The van der Waals surface area contributed by atoms with Crippen molar-refractivity contribution in [3.05, 3.63) is 0 Å². The van der Waals surface area contributed by atoms with Crippen LogP contribution in [0.25, 0.3) is 0 Å². The number of ether oxygens (including phenoxy) is 1. The molecule has 2 N–H and O–H groups in total. The van der Waals surface area contributed by atoms with Gasteiger partial charge in [0.2, 0.25) is 5.91 Å². The fourth-order valence-electron chi connectivity index (χ4n) is 3.34. The molecule has 4 nitrogen and oxygen atoms in total. The summed E-state index contributed by atoms with van der Waals surface area (Å²) >= 11 is 0. The van der Waals surface area contributed by atoms with Crippen LogP contribution in [0.1, 0.15) is 44.9 Å². The van der Waals surface area contributed by atoms with Crippen LogP contribution in [0.2, 0.25) is 0 Å². The highest BCUT2D eigenvalue weighted by Gasteiger charge is 2.27. The van der Waals surface area contributed by atoms with Crippen LogP contribution in [0.15, 0.2) is 0 Å². The summed E-state index contributed by atoms with van der Waals surface area (Å²) in [6.07, 6.45) is 8.94. The zero-order chi connectivity index (χ0) is 13.5. The van der Waals surface area contributed by atoms with Crippen LogP contribution in [0.5, 0.6) is 0 Å². The molecule has 1 unspecified atom stereocenters. The van der Waals surface area contributed by atoms with Gasteiger partial charge in [0, 0.05) is 19.6 Å². The van der Waals surface area contributed by atoms with Gasteiger partial charge < -0.3 is 15.4 Å². The van der Waals surface area contributed by atoms with Gasteiger partial charge in [0.15, 0.2) is 0 Å². The molecule has 4 heteroatoms. The zero-order valence-electron chi connectivity index (χ0n) is 12.0. The molecule has 0 aromatic rings. The minimum atomic E-state index is 0.0289. The number of morpholine rings is 1. The van der Waals surface area contributed by atoms with E-state index in [2.05, 4.69) is 0 Å². The van der Waals surface area contributed by atoms with Gasteiger partial charge in [-0.2, -0.15) is 0 Å². The number of hydrogen-bond donors (Lipinski definition) is 1. The number of nitrogens with two attached hydrogens (primary N) is 1. The summed E-state index contributed by atoms with van der Waals surface area (Å²) in [5.74, 6) is 0.997. The Hall–Kier alpha value is -0.610. The Morgan fingerprint density at radius 1 is 1.16 bits per heavy atom. The summed E-state index contributed by atoms with van der Waals surface area (Å²) < 4.78 is 5.30. The van der Waals surface area contributed by atoms with Crippen molar-refractivity contribution >= 4 is 5.91 Å². The molecule has 1 saturated heterocycles. The zero-order valence-corrected chi connectivity index (χ0v) is 12.0. The first-order valence-corrected chi connectivity index (χ1v) is 7.88. The van der Waals surface area contributed by atoms with E-state index < -0.39 is 0 Å². The smallest absolute Gasteiger partial charge is 0.227 e. The number of amides is 1. The summed E-state index contributed by atoms with van der Waals surface area (Å²) in [4.78, 5) is 14.4. The first-order chi connectivity index (χ1) is 9.31. The highest BCUT2D eigenvalue weighted by molar-refractivity contribution is 5.79. The first kappa shape index (κ1) is 14.8. The normalized spacial score (nSPS) is 23.9. The molecule has 19 heavy (non-hydrogen) atoms. The van der Waals surface area contributed by atoms with Crippen molar-refractivity contribution in [3.63, 3.8) is 0 Å². The molecule has 2 fully saturated rings. The summed E-state index contributed by atoms with van der Waals surface area (Å²) in [6, 6.07) is 0. The summed E-state index contributed by atoms with van der Waals surface area (Å²) in [6.45, 7) is 3.31. The molecule has 1 heterocycles. The number of nitrogens with zero attached hydrogens (tertiary/aromatic N) is 1. The molecule has 0 aromatic carbocycles. The lowest BCUT2D eigenvalue weighted by Gasteiger charge is -2.31. The molecule has 2 aliphatic rings. The van der Waals surface area contributed by atoms with Gasteiger partial charge in [-0.05, 0) is 12.3 Å². The van der Waals surface area contributed by atoms with Crippen LogP contribution in [-0.2, 0) is 9.53 Å². The largest absolute Gasteiger partial charge is 0.378 e. The van der Waals surface area contributed by atoms with Crippen LogP contribution < -0.4 is 5.73 Å². The van der Waals surface area contributed by atoms with E-state index in [1.54, 1.807) is 0 Å². The number of rotatable bonds is 4. The summed E-state index contributed by atoms with van der Waals surface area (Å²) in [7, 11) is 0. The van der Waals surface area contributed by atoms with Crippen molar-refractivity contribution in [2.24, 2.45) is 17.6 Å². The molecular weight excluding hydrogens is 240 g/mol. The maximum Gasteiger partial charge on any atom is 0.227 e. The standard InChI is InChI=1S/C15H28N2O2/c16-12-14(11-13-5-3-1-2-4-6-13)15(18)17-7-9-19-10-8-17/h13-14H,1-12,16H2. The van der Waals surface area contributed by atoms with Crippen molar-refractivity contribution < 1.29 is 9.53 Å². The monoisotopic (exact) mass is 268 g/mol. The lowest BCUT2D eigenvalue weighted by molar-refractivity contribution is -0.140. The Bertz CT molecular complexity index is 269. The van der Waals surface area contributed by atoms with Crippen LogP contribution in [0, 0.1) is 11.8 Å². The Morgan fingerprint density at radius 3 is 2.37 bits per heavy atom. The second kappa shape index (κ2) is 7.85. The third kappa shape index (κ3) is 4.46. The average molecular weight is 268 g/mol. The highest BCUT2D eigenvalue weighted by Crippen LogP contribution is 2.28. The van der Waals surface area contributed by atoms with E-state index in [9.17, 15) is 4.79 Å². The quantitative estimate of drug-likeness (QED) is 0.791. The van der Waals surface area contributed by atoms with Crippen molar-refractivity contribution in [2.75, 3.05) is 32.8 Å². The van der Waals surface area contributed by atoms with Gasteiger partial charge in [-0.25, -0.2) is 0 Å². The maximum absolute atomic E-state index is 12.5. The molecule has 1 atom stereocenters. The van der Waals surface area contributed by atoms with Crippen LogP contribution >= 0.6 is 0 Å². The fraction of sp³-hybridized carbons (Fsp3) is 0.933. The average Bonchev–Trinajstić information content (AvgIpc) is 2.73. The van der Waals surface area contributed by atoms with Gasteiger partial charge in [-0.1, -0.05) is 38.5 Å². The van der Waals surface area contributed by atoms with E-state index in [4.69, 9.17) is 10.5 Å². The van der Waals surface area contributed by atoms with E-state index >= 15 is 0 Å². The second-order valence-corrected chi connectivity index (χ2v) is 5.96. The predicted octanol–water partition coefficient (Wildman–Crippen LogP) is 1.78. The molecule has 1 aliphatic heterocycles. The van der Waals surface area contributed by atoms with Crippen LogP contribution in [-0.4, -0.2) is 43.7 Å². The van der Waals surface area contributed by atoms with Gasteiger partial charge in [0.05, 0.1) is 19.1 Å². The number of carbonyl (C=O) groups excluding carboxylic acids is 1. The van der Waals surface area contributed by atoms with E-state index in [-0.39, 0.29) is 11.8 Å². The van der Waals surface area contributed by atoms with Gasteiger partial charge in [-0.3, -0.25) is 4.79 Å². The van der Waals surface area contributed by atoms with Crippen molar-refractivity contribution in [1.82, 2.24) is 4.90 Å². The molecule has 2 rings (SSSR count). The predicted molar refractivity (Wildman–Crippen MR) is 75.8 cm³/mol. The van der Waals surface area contributed by atoms with Crippen molar-refractivity contribution in [2.45, 2.75) is 44.9 Å². The van der Waals surface area contributed by atoms with Crippen LogP contribution in [0.3, 0.4) is 0 Å². The lowest BCUT2D eigenvalue weighted by atomic mass is 9.88.